The van der Waals surface area contributed by atoms with Crippen molar-refractivity contribution >= 4 is 36.4 Å². The van der Waals surface area contributed by atoms with Crippen LogP contribution in [0, 0.1) is 6.92 Å². The van der Waals surface area contributed by atoms with E-state index in [1.54, 1.807) is 13.3 Å². The van der Waals surface area contributed by atoms with Crippen molar-refractivity contribution in [1.29, 1.82) is 0 Å². The van der Waals surface area contributed by atoms with Gasteiger partial charge in [0.1, 0.15) is 11.6 Å². The van der Waals surface area contributed by atoms with E-state index < -0.39 is 6.04 Å². The van der Waals surface area contributed by atoms with Crippen molar-refractivity contribution < 1.29 is 9.53 Å². The molecule has 0 unspecified atom stereocenters. The van der Waals surface area contributed by atoms with Crippen molar-refractivity contribution in [2.75, 3.05) is 12.4 Å². The topological polar surface area (TPSA) is 82.2 Å². The Kier molecular flexibility index (Phi) is 9.68. The van der Waals surface area contributed by atoms with Gasteiger partial charge in [0.05, 0.1) is 19.7 Å². The number of carbonyl (C=O) groups excluding carboxylic acids is 1. The molecule has 0 saturated heterocycles. The molecule has 0 aliphatic heterocycles. The monoisotopic (exact) mass is 436 g/mol. The average molecular weight is 437 g/mol. The lowest BCUT2D eigenvalue weighted by Crippen LogP contribution is -2.37. The largest absolute Gasteiger partial charge is 0.497 e. The van der Waals surface area contributed by atoms with Gasteiger partial charge in [-0.05, 0) is 42.7 Å². The number of ether oxygens (including phenoxy) is 1. The van der Waals surface area contributed by atoms with E-state index in [9.17, 15) is 4.79 Å². The first-order valence-corrected chi connectivity index (χ1v) is 8.82. The zero-order chi connectivity index (χ0) is 19.2. The minimum atomic E-state index is -0.638. The molecule has 1 heterocycles. The highest BCUT2D eigenvalue weighted by atomic mass is 35.5. The van der Waals surface area contributed by atoms with Crippen LogP contribution in [0.3, 0.4) is 0 Å². The molecule has 0 aliphatic carbocycles. The lowest BCUT2D eigenvalue weighted by atomic mass is 10.1. The number of nitrogens with two attached hydrogens (primary N) is 1. The summed E-state index contributed by atoms with van der Waals surface area (Å²) >= 11 is 0. The Morgan fingerprint density at radius 3 is 2.48 bits per heavy atom. The van der Waals surface area contributed by atoms with Crippen molar-refractivity contribution in [2.45, 2.75) is 25.9 Å². The van der Waals surface area contributed by atoms with E-state index in [0.717, 1.165) is 28.4 Å². The SMILES string of the molecule is COc1ccc(C[C@H](N)C(=O)Nc2ccccc2Cn2ccnc2C)cc1.Cl.Cl. The molecule has 0 bridgehead atoms. The minimum Gasteiger partial charge on any atom is -0.497 e. The number of halogens is 2. The first-order chi connectivity index (χ1) is 13.1. The van der Waals surface area contributed by atoms with Crippen LogP contribution in [-0.2, 0) is 17.8 Å². The summed E-state index contributed by atoms with van der Waals surface area (Å²) in [5.41, 5.74) is 8.87. The van der Waals surface area contributed by atoms with E-state index in [-0.39, 0.29) is 30.7 Å². The number of nitrogens with one attached hydrogen (secondary N) is 1. The zero-order valence-corrected chi connectivity index (χ0v) is 18.0. The summed E-state index contributed by atoms with van der Waals surface area (Å²) in [4.78, 5) is 16.8. The van der Waals surface area contributed by atoms with Gasteiger partial charge in [0.25, 0.3) is 0 Å². The molecule has 3 aromatic rings. The summed E-state index contributed by atoms with van der Waals surface area (Å²) in [7, 11) is 1.62. The summed E-state index contributed by atoms with van der Waals surface area (Å²) in [6.07, 6.45) is 4.14. The van der Waals surface area contributed by atoms with Gasteiger partial charge >= 0.3 is 0 Å². The summed E-state index contributed by atoms with van der Waals surface area (Å²) in [6, 6.07) is 14.7. The van der Waals surface area contributed by atoms with Crippen LogP contribution in [0.4, 0.5) is 5.69 Å². The normalized spacial score (nSPS) is 11.0. The van der Waals surface area contributed by atoms with Gasteiger partial charge < -0.3 is 20.4 Å². The third-order valence-electron chi connectivity index (χ3n) is 4.49. The Balaban J connectivity index is 0.00000210. The van der Waals surface area contributed by atoms with Gasteiger partial charge in [0, 0.05) is 18.1 Å². The van der Waals surface area contributed by atoms with E-state index in [0.29, 0.717) is 13.0 Å². The lowest BCUT2D eigenvalue weighted by Gasteiger charge is -2.16. The van der Waals surface area contributed by atoms with Gasteiger partial charge in [-0.3, -0.25) is 4.79 Å². The molecule has 29 heavy (non-hydrogen) atoms. The number of rotatable bonds is 7. The number of anilines is 1. The fourth-order valence-corrected chi connectivity index (χ4v) is 2.87. The number of nitrogens with zero attached hydrogens (tertiary/aromatic N) is 2. The maximum atomic E-state index is 12.6. The molecule has 1 atom stereocenters. The summed E-state index contributed by atoms with van der Waals surface area (Å²) in [5, 5.41) is 2.96. The minimum absolute atomic E-state index is 0. The van der Waals surface area contributed by atoms with Gasteiger partial charge in [-0.2, -0.15) is 0 Å². The molecule has 3 N–H and O–H groups in total. The van der Waals surface area contributed by atoms with E-state index in [4.69, 9.17) is 10.5 Å². The number of imidazole rings is 1. The van der Waals surface area contributed by atoms with Crippen LogP contribution in [0.1, 0.15) is 17.0 Å². The van der Waals surface area contributed by atoms with Gasteiger partial charge in [-0.15, -0.1) is 24.8 Å². The molecular weight excluding hydrogens is 411 g/mol. The molecular formula is C21H26Cl2N4O2. The molecule has 0 saturated carbocycles. The quantitative estimate of drug-likeness (QED) is 0.592. The third-order valence-corrected chi connectivity index (χ3v) is 4.49. The summed E-state index contributed by atoms with van der Waals surface area (Å²) in [6.45, 7) is 2.59. The Bertz CT molecular complexity index is 913. The van der Waals surface area contributed by atoms with Crippen LogP contribution < -0.4 is 15.8 Å². The smallest absolute Gasteiger partial charge is 0.241 e. The Morgan fingerprint density at radius 1 is 1.17 bits per heavy atom. The van der Waals surface area contributed by atoms with Crippen LogP contribution in [0.25, 0.3) is 0 Å². The predicted molar refractivity (Wildman–Crippen MR) is 120 cm³/mol. The van der Waals surface area contributed by atoms with Gasteiger partial charge in [-0.25, -0.2) is 4.98 Å². The maximum Gasteiger partial charge on any atom is 0.241 e. The molecule has 6 nitrogen and oxygen atoms in total. The second kappa shape index (κ2) is 11.5. The highest BCUT2D eigenvalue weighted by Crippen LogP contribution is 2.18. The number of aryl methyl sites for hydroxylation is 1. The average Bonchev–Trinajstić information content (AvgIpc) is 3.08. The van der Waals surface area contributed by atoms with Crippen LogP contribution in [0.15, 0.2) is 60.9 Å². The number of benzene rings is 2. The van der Waals surface area contributed by atoms with E-state index in [1.807, 2.05) is 66.2 Å². The fourth-order valence-electron chi connectivity index (χ4n) is 2.87. The molecule has 1 aromatic heterocycles. The molecule has 8 heteroatoms. The van der Waals surface area contributed by atoms with E-state index >= 15 is 0 Å². The van der Waals surface area contributed by atoms with Gasteiger partial charge in [0.15, 0.2) is 0 Å². The van der Waals surface area contributed by atoms with E-state index in [1.165, 1.54) is 0 Å². The first kappa shape index (κ1) is 24.5. The van der Waals surface area contributed by atoms with Crippen molar-refractivity contribution in [3.63, 3.8) is 0 Å². The second-order valence-corrected chi connectivity index (χ2v) is 6.41. The number of hydrogen-bond donors (Lipinski definition) is 2. The number of para-hydroxylation sites is 1. The van der Waals surface area contributed by atoms with Crippen molar-refractivity contribution in [2.24, 2.45) is 5.73 Å². The number of carbonyl (C=O) groups is 1. The molecule has 0 aliphatic rings. The molecule has 0 spiro atoms. The Labute approximate surface area is 183 Å². The zero-order valence-electron chi connectivity index (χ0n) is 16.4. The predicted octanol–water partition coefficient (Wildman–Crippen LogP) is 3.60. The Hall–Kier alpha value is -2.54. The van der Waals surface area contributed by atoms with Crippen molar-refractivity contribution in [3.05, 3.63) is 77.9 Å². The molecule has 2 aromatic carbocycles. The lowest BCUT2D eigenvalue weighted by molar-refractivity contribution is -0.117. The van der Waals surface area contributed by atoms with Crippen molar-refractivity contribution in [3.8, 4) is 5.75 Å². The van der Waals surface area contributed by atoms with Crippen LogP contribution >= 0.6 is 24.8 Å². The molecule has 0 radical (unpaired) electrons. The maximum absolute atomic E-state index is 12.6. The molecule has 0 fully saturated rings. The first-order valence-electron chi connectivity index (χ1n) is 8.82. The number of hydrogen-bond acceptors (Lipinski definition) is 4. The van der Waals surface area contributed by atoms with Gasteiger partial charge in [-0.1, -0.05) is 30.3 Å². The fraction of sp³-hybridized carbons (Fsp3) is 0.238. The number of aromatic nitrogens is 2. The highest BCUT2D eigenvalue weighted by molar-refractivity contribution is 5.95. The summed E-state index contributed by atoms with van der Waals surface area (Å²) in [5.74, 6) is 1.49. The second-order valence-electron chi connectivity index (χ2n) is 6.41. The summed E-state index contributed by atoms with van der Waals surface area (Å²) < 4.78 is 7.18. The molecule has 156 valence electrons. The van der Waals surface area contributed by atoms with Crippen molar-refractivity contribution in [1.82, 2.24) is 9.55 Å². The molecule has 3 rings (SSSR count). The van der Waals surface area contributed by atoms with Crippen LogP contribution in [0.5, 0.6) is 5.75 Å². The highest BCUT2D eigenvalue weighted by Gasteiger charge is 2.16. The number of amides is 1. The molecule has 1 amide bonds. The standard InChI is InChI=1S/C21H24N4O2.2ClH/c1-15-23-11-12-25(15)14-17-5-3-4-6-20(17)24-21(26)19(22)13-16-7-9-18(27-2)10-8-16;;/h3-12,19H,13-14,22H2,1-2H3,(H,24,26);2*1H/t19-;;/m0../s1. The van der Waals surface area contributed by atoms with Crippen LogP contribution in [0.2, 0.25) is 0 Å². The third kappa shape index (κ3) is 6.49. The number of methoxy groups -OCH3 is 1. The van der Waals surface area contributed by atoms with Gasteiger partial charge in [0.2, 0.25) is 5.91 Å². The Morgan fingerprint density at radius 2 is 1.86 bits per heavy atom. The van der Waals surface area contributed by atoms with Crippen LogP contribution in [-0.4, -0.2) is 28.6 Å². The van der Waals surface area contributed by atoms with E-state index in [2.05, 4.69) is 10.3 Å².